The van der Waals surface area contributed by atoms with Gasteiger partial charge in [0.15, 0.2) is 0 Å². The molecular weight excluding hydrogens is 274 g/mol. The van der Waals surface area contributed by atoms with Gasteiger partial charge in [-0.2, -0.15) is 5.01 Å². The molecule has 0 unspecified atom stereocenters. The first kappa shape index (κ1) is 16.5. The van der Waals surface area contributed by atoms with E-state index in [1.54, 1.807) is 6.34 Å². The number of rotatable bonds is 5. The molecule has 22 heavy (non-hydrogen) atoms. The number of hydrazine groups is 1. The summed E-state index contributed by atoms with van der Waals surface area (Å²) in [4.78, 5) is 9.73. The van der Waals surface area contributed by atoms with E-state index in [4.69, 9.17) is 0 Å². The molecule has 0 fully saturated rings. The first-order chi connectivity index (χ1) is 10.7. The standard InChI is InChI=1S/C15H21N5.C2H6/c1-19(2)6-5-13-8-17-15-4-3-12(7-14(13)15)9-20-11-16-10-18-20;1-2/h3-4,7-8,10,17H,5-6,9,11H2,1-2H3,(H,16,18);1-2H3. The third-order valence-corrected chi connectivity index (χ3v) is 3.62. The zero-order valence-corrected chi connectivity index (χ0v) is 14.1. The maximum atomic E-state index is 4.16. The average Bonchev–Trinajstić information content (AvgIpc) is 3.16. The first-order valence-electron chi connectivity index (χ1n) is 7.95. The summed E-state index contributed by atoms with van der Waals surface area (Å²) >= 11 is 0. The predicted molar refractivity (Wildman–Crippen MR) is 93.9 cm³/mol. The van der Waals surface area contributed by atoms with Gasteiger partial charge in [-0.3, -0.25) is 4.99 Å². The van der Waals surface area contributed by atoms with Crippen molar-refractivity contribution in [3.05, 3.63) is 35.5 Å². The quantitative estimate of drug-likeness (QED) is 0.892. The van der Waals surface area contributed by atoms with Gasteiger partial charge in [-0.15, -0.1) is 0 Å². The van der Waals surface area contributed by atoms with Gasteiger partial charge >= 0.3 is 0 Å². The minimum Gasteiger partial charge on any atom is -0.361 e. The van der Waals surface area contributed by atoms with E-state index in [1.165, 1.54) is 22.0 Å². The van der Waals surface area contributed by atoms with E-state index in [0.717, 1.165) is 26.2 Å². The summed E-state index contributed by atoms with van der Waals surface area (Å²) in [6.45, 7) is 6.66. The van der Waals surface area contributed by atoms with Crippen LogP contribution in [0.3, 0.4) is 0 Å². The van der Waals surface area contributed by atoms with Crippen molar-refractivity contribution in [2.24, 2.45) is 4.99 Å². The molecule has 0 bridgehead atoms. The molecule has 120 valence electrons. The molecule has 1 aliphatic rings. The van der Waals surface area contributed by atoms with Crippen molar-refractivity contribution >= 4 is 17.2 Å². The van der Waals surface area contributed by atoms with Crippen LogP contribution in [0.5, 0.6) is 0 Å². The molecule has 3 rings (SSSR count). The molecule has 2 heterocycles. The van der Waals surface area contributed by atoms with E-state index in [9.17, 15) is 0 Å². The summed E-state index contributed by atoms with van der Waals surface area (Å²) in [7, 11) is 4.22. The molecule has 0 amide bonds. The van der Waals surface area contributed by atoms with Gasteiger partial charge in [-0.05, 0) is 43.8 Å². The van der Waals surface area contributed by atoms with Crippen LogP contribution < -0.4 is 5.43 Å². The van der Waals surface area contributed by atoms with E-state index in [0.29, 0.717) is 0 Å². The van der Waals surface area contributed by atoms with Crippen LogP contribution >= 0.6 is 0 Å². The molecule has 1 aliphatic heterocycles. The fourth-order valence-electron chi connectivity index (χ4n) is 2.49. The van der Waals surface area contributed by atoms with Gasteiger partial charge in [-0.25, -0.2) is 0 Å². The Bertz CT molecular complexity index is 607. The smallest absolute Gasteiger partial charge is 0.110 e. The maximum Gasteiger partial charge on any atom is 0.110 e. The number of nitrogens with zero attached hydrogens (tertiary/aromatic N) is 3. The number of likely N-dealkylation sites (N-methyl/N-ethyl adjacent to an activating group) is 1. The molecule has 0 atom stereocenters. The lowest BCUT2D eigenvalue weighted by atomic mass is 10.1. The molecule has 0 saturated carbocycles. The molecule has 2 aromatic rings. The molecule has 1 aromatic carbocycles. The van der Waals surface area contributed by atoms with Crippen LogP contribution in [0.25, 0.3) is 10.9 Å². The average molecular weight is 301 g/mol. The van der Waals surface area contributed by atoms with Crippen LogP contribution in [-0.4, -0.2) is 48.5 Å². The molecule has 1 aromatic heterocycles. The fraction of sp³-hybridized carbons (Fsp3) is 0.471. The van der Waals surface area contributed by atoms with Crippen molar-refractivity contribution in [3.8, 4) is 0 Å². The number of hydrogen-bond acceptors (Lipinski definition) is 4. The van der Waals surface area contributed by atoms with Gasteiger partial charge < -0.3 is 15.3 Å². The van der Waals surface area contributed by atoms with Crippen LogP contribution in [0.15, 0.2) is 29.4 Å². The third-order valence-electron chi connectivity index (χ3n) is 3.62. The van der Waals surface area contributed by atoms with Crippen molar-refractivity contribution in [2.75, 3.05) is 27.3 Å². The Morgan fingerprint density at radius 2 is 2.09 bits per heavy atom. The highest BCUT2D eigenvalue weighted by Crippen LogP contribution is 2.21. The largest absolute Gasteiger partial charge is 0.361 e. The Balaban J connectivity index is 0.000000847. The Labute approximate surface area is 133 Å². The van der Waals surface area contributed by atoms with Crippen molar-refractivity contribution < 1.29 is 0 Å². The van der Waals surface area contributed by atoms with Crippen LogP contribution in [-0.2, 0) is 13.0 Å². The second-order valence-corrected chi connectivity index (χ2v) is 5.53. The second-order valence-electron chi connectivity index (χ2n) is 5.53. The molecule has 0 spiro atoms. The molecule has 5 heteroatoms. The predicted octanol–water partition coefficient (Wildman–Crippen LogP) is 2.60. The van der Waals surface area contributed by atoms with Crippen LogP contribution in [0.1, 0.15) is 25.0 Å². The maximum absolute atomic E-state index is 4.16. The van der Waals surface area contributed by atoms with Gasteiger partial charge in [0.05, 0.1) is 6.34 Å². The SMILES string of the molecule is CC.CN(C)CCc1c[nH]c2ccc(CN3CN=CN3)cc12. The molecule has 0 radical (unpaired) electrons. The summed E-state index contributed by atoms with van der Waals surface area (Å²) in [6.07, 6.45) is 4.95. The van der Waals surface area contributed by atoms with Crippen molar-refractivity contribution in [1.82, 2.24) is 20.3 Å². The molecular formula is C17H27N5. The number of aliphatic imine (C=N–C) groups is 1. The van der Waals surface area contributed by atoms with E-state index in [-0.39, 0.29) is 0 Å². The van der Waals surface area contributed by atoms with Crippen LogP contribution in [0.2, 0.25) is 0 Å². The number of aromatic amines is 1. The van der Waals surface area contributed by atoms with Gasteiger partial charge in [0.1, 0.15) is 6.67 Å². The normalized spacial score (nSPS) is 14.2. The molecule has 2 N–H and O–H groups in total. The second kappa shape index (κ2) is 7.96. The highest BCUT2D eigenvalue weighted by Gasteiger charge is 2.09. The van der Waals surface area contributed by atoms with Gasteiger partial charge in [0.2, 0.25) is 0 Å². The summed E-state index contributed by atoms with van der Waals surface area (Å²) < 4.78 is 0. The topological polar surface area (TPSA) is 46.7 Å². The molecule has 5 nitrogen and oxygen atoms in total. The summed E-state index contributed by atoms with van der Waals surface area (Å²) in [6, 6.07) is 6.63. The van der Waals surface area contributed by atoms with E-state index >= 15 is 0 Å². The third kappa shape index (κ3) is 4.08. The van der Waals surface area contributed by atoms with Gasteiger partial charge in [0.25, 0.3) is 0 Å². The van der Waals surface area contributed by atoms with Crippen molar-refractivity contribution in [1.29, 1.82) is 0 Å². The Morgan fingerprint density at radius 3 is 2.77 bits per heavy atom. The number of nitrogens with one attached hydrogen (secondary N) is 2. The zero-order chi connectivity index (χ0) is 15.9. The number of aromatic nitrogens is 1. The zero-order valence-electron chi connectivity index (χ0n) is 14.1. The first-order valence-corrected chi connectivity index (χ1v) is 7.95. The lowest BCUT2D eigenvalue weighted by molar-refractivity contribution is 0.259. The lowest BCUT2D eigenvalue weighted by Crippen LogP contribution is -2.30. The minimum atomic E-state index is 0.721. The van der Waals surface area contributed by atoms with Crippen LogP contribution in [0.4, 0.5) is 0 Å². The highest BCUT2D eigenvalue weighted by atomic mass is 15.6. The highest BCUT2D eigenvalue weighted by molar-refractivity contribution is 5.83. The molecule has 0 saturated heterocycles. The summed E-state index contributed by atoms with van der Waals surface area (Å²) in [5, 5.41) is 3.43. The van der Waals surface area contributed by atoms with Crippen molar-refractivity contribution in [3.63, 3.8) is 0 Å². The van der Waals surface area contributed by atoms with Crippen molar-refractivity contribution in [2.45, 2.75) is 26.8 Å². The minimum absolute atomic E-state index is 0.721. The number of H-pyrrole nitrogens is 1. The number of hydrogen-bond donors (Lipinski definition) is 2. The monoisotopic (exact) mass is 301 g/mol. The fourth-order valence-corrected chi connectivity index (χ4v) is 2.49. The van der Waals surface area contributed by atoms with E-state index in [1.807, 2.05) is 13.8 Å². The number of benzene rings is 1. The van der Waals surface area contributed by atoms with E-state index < -0.39 is 0 Å². The van der Waals surface area contributed by atoms with Crippen LogP contribution in [0, 0.1) is 0 Å². The van der Waals surface area contributed by atoms with Gasteiger partial charge in [-0.1, -0.05) is 19.9 Å². The molecule has 0 aliphatic carbocycles. The summed E-state index contributed by atoms with van der Waals surface area (Å²) in [5.74, 6) is 0. The Hall–Kier alpha value is -1.85. The summed E-state index contributed by atoms with van der Waals surface area (Å²) in [5.41, 5.74) is 7.04. The van der Waals surface area contributed by atoms with Gasteiger partial charge in [0, 0.05) is 30.2 Å². The Morgan fingerprint density at radius 1 is 1.27 bits per heavy atom. The number of fused-ring (bicyclic) bond motifs is 1. The Kier molecular flexibility index (Phi) is 5.98. The lowest BCUT2D eigenvalue weighted by Gasteiger charge is -2.14. The van der Waals surface area contributed by atoms with E-state index in [2.05, 4.69) is 63.8 Å².